The van der Waals surface area contributed by atoms with Crippen molar-refractivity contribution in [2.24, 2.45) is 0 Å². The van der Waals surface area contributed by atoms with Crippen LogP contribution in [0.3, 0.4) is 0 Å². The molecule has 0 aliphatic carbocycles. The highest BCUT2D eigenvalue weighted by atomic mass is 16.7. The van der Waals surface area contributed by atoms with Gasteiger partial charge in [-0.05, 0) is 48.4 Å². The Balaban J connectivity index is 2.74. The fourth-order valence-electron chi connectivity index (χ4n) is 3.39. The molecule has 0 saturated carbocycles. The maximum atomic E-state index is 12.1. The molecule has 1 rings (SSSR count). The molecular formula is C23H38O3. The molecule has 0 bridgehead atoms. The van der Waals surface area contributed by atoms with Gasteiger partial charge in [-0.25, -0.2) is 4.79 Å². The first kappa shape index (κ1) is 22.5. The number of hydrogen-bond donors (Lipinski definition) is 0. The van der Waals surface area contributed by atoms with Crippen molar-refractivity contribution in [3.05, 3.63) is 28.8 Å². The van der Waals surface area contributed by atoms with Gasteiger partial charge in [0.25, 0.3) is 0 Å². The van der Waals surface area contributed by atoms with E-state index in [-0.39, 0.29) is 0 Å². The highest BCUT2D eigenvalue weighted by molar-refractivity contribution is 5.65. The van der Waals surface area contributed by atoms with Crippen molar-refractivity contribution in [2.45, 2.75) is 98.3 Å². The number of rotatable bonds is 13. The van der Waals surface area contributed by atoms with Gasteiger partial charge in [-0.15, -0.1) is 0 Å². The Morgan fingerprint density at radius 1 is 0.769 bits per heavy atom. The zero-order valence-electron chi connectivity index (χ0n) is 17.4. The van der Waals surface area contributed by atoms with E-state index in [4.69, 9.17) is 9.47 Å². The first-order chi connectivity index (χ1) is 12.7. The number of unbranched alkanes of at least 4 members (excludes halogenated alkanes) is 4. The first-order valence-electron chi connectivity index (χ1n) is 10.7. The van der Waals surface area contributed by atoms with E-state index in [2.05, 4.69) is 33.8 Å². The monoisotopic (exact) mass is 362 g/mol. The molecule has 1 aromatic rings. The Morgan fingerprint density at radius 3 is 2.08 bits per heavy atom. The molecule has 0 N–H and O–H groups in total. The number of benzene rings is 1. The second-order valence-electron chi connectivity index (χ2n) is 7.04. The quantitative estimate of drug-likeness (QED) is 0.215. The smallest absolute Gasteiger partial charge is 0.434 e. The summed E-state index contributed by atoms with van der Waals surface area (Å²) in [4.78, 5) is 12.1. The van der Waals surface area contributed by atoms with E-state index in [0.717, 1.165) is 51.4 Å². The third-order valence-corrected chi connectivity index (χ3v) is 4.67. The molecule has 0 saturated heterocycles. The van der Waals surface area contributed by atoms with Crippen LogP contribution in [-0.4, -0.2) is 12.8 Å². The summed E-state index contributed by atoms with van der Waals surface area (Å²) in [7, 11) is 0. The predicted octanol–water partition coefficient (Wildman–Crippen LogP) is 7.03. The molecule has 0 aliphatic rings. The fourth-order valence-corrected chi connectivity index (χ4v) is 3.39. The number of carbonyl (C=O) groups is 1. The van der Waals surface area contributed by atoms with Crippen molar-refractivity contribution in [1.29, 1.82) is 0 Å². The normalized spacial score (nSPS) is 10.8. The second kappa shape index (κ2) is 13.7. The lowest BCUT2D eigenvalue weighted by molar-refractivity contribution is 0.0969. The fraction of sp³-hybridized carbons (Fsp3) is 0.696. The summed E-state index contributed by atoms with van der Waals surface area (Å²) >= 11 is 0. The van der Waals surface area contributed by atoms with Gasteiger partial charge in [0, 0.05) is 0 Å². The summed E-state index contributed by atoms with van der Waals surface area (Å²) in [5.41, 5.74) is 3.97. The number of carbonyl (C=O) groups excluding carboxylic acids is 1. The van der Waals surface area contributed by atoms with Crippen LogP contribution in [0.1, 0.15) is 95.8 Å². The van der Waals surface area contributed by atoms with E-state index in [0.29, 0.717) is 12.4 Å². The molecule has 0 fully saturated rings. The lowest BCUT2D eigenvalue weighted by Gasteiger charge is -2.18. The molecule has 0 heterocycles. The van der Waals surface area contributed by atoms with Crippen molar-refractivity contribution in [1.82, 2.24) is 0 Å². The van der Waals surface area contributed by atoms with Gasteiger partial charge in [0.15, 0.2) is 0 Å². The molecule has 0 unspecified atom stereocenters. The molecule has 0 atom stereocenters. The zero-order valence-corrected chi connectivity index (χ0v) is 17.4. The average molecular weight is 363 g/mol. The summed E-state index contributed by atoms with van der Waals surface area (Å²) in [5, 5.41) is 0. The van der Waals surface area contributed by atoms with Crippen molar-refractivity contribution in [3.8, 4) is 5.75 Å². The minimum absolute atomic E-state index is 0.446. The van der Waals surface area contributed by atoms with E-state index in [1.54, 1.807) is 0 Å². The molecular weight excluding hydrogens is 324 g/mol. The first-order valence-corrected chi connectivity index (χ1v) is 10.7. The highest BCUT2D eigenvalue weighted by Crippen LogP contribution is 2.29. The lowest BCUT2D eigenvalue weighted by Crippen LogP contribution is -2.14. The standard InChI is InChI=1S/C23H38O3/c1-5-9-10-11-12-18-25-23(24)26-22-17-16-19(13-6-2)20(14-7-3)21(22)15-8-4/h16-17H,5-15,18H2,1-4H3. The third kappa shape index (κ3) is 7.80. The number of hydrogen-bond acceptors (Lipinski definition) is 3. The van der Waals surface area contributed by atoms with Gasteiger partial charge in [0.1, 0.15) is 5.75 Å². The Hall–Kier alpha value is -1.51. The molecule has 148 valence electrons. The van der Waals surface area contributed by atoms with E-state index < -0.39 is 6.16 Å². The summed E-state index contributed by atoms with van der Waals surface area (Å²) < 4.78 is 10.9. The molecule has 0 aromatic heterocycles. The van der Waals surface area contributed by atoms with E-state index in [9.17, 15) is 4.79 Å². The maximum absolute atomic E-state index is 12.1. The van der Waals surface area contributed by atoms with Gasteiger partial charge >= 0.3 is 6.16 Å². The Kier molecular flexibility index (Phi) is 11.8. The van der Waals surface area contributed by atoms with Crippen LogP contribution in [-0.2, 0) is 24.0 Å². The van der Waals surface area contributed by atoms with Crippen LogP contribution in [0.4, 0.5) is 4.79 Å². The van der Waals surface area contributed by atoms with Crippen LogP contribution in [0.15, 0.2) is 12.1 Å². The van der Waals surface area contributed by atoms with Crippen LogP contribution >= 0.6 is 0 Å². The van der Waals surface area contributed by atoms with Gasteiger partial charge in [-0.3, -0.25) is 0 Å². The van der Waals surface area contributed by atoms with Crippen molar-refractivity contribution in [3.63, 3.8) is 0 Å². The summed E-state index contributed by atoms with van der Waals surface area (Å²) in [6.45, 7) is 9.21. The minimum atomic E-state index is -0.566. The average Bonchev–Trinajstić information content (AvgIpc) is 2.63. The van der Waals surface area contributed by atoms with E-state index in [1.165, 1.54) is 36.0 Å². The molecule has 0 spiro atoms. The maximum Gasteiger partial charge on any atom is 0.513 e. The molecule has 3 nitrogen and oxygen atoms in total. The van der Waals surface area contributed by atoms with Crippen molar-refractivity contribution in [2.75, 3.05) is 6.61 Å². The summed E-state index contributed by atoms with van der Waals surface area (Å²) in [6.07, 6.45) is 11.4. The van der Waals surface area contributed by atoms with Gasteiger partial charge < -0.3 is 9.47 Å². The van der Waals surface area contributed by atoms with Crippen LogP contribution in [0.2, 0.25) is 0 Å². The van der Waals surface area contributed by atoms with Crippen LogP contribution in [0.25, 0.3) is 0 Å². The van der Waals surface area contributed by atoms with Crippen molar-refractivity contribution >= 4 is 6.16 Å². The molecule has 26 heavy (non-hydrogen) atoms. The molecule has 3 heteroatoms. The van der Waals surface area contributed by atoms with Gasteiger partial charge in [0.2, 0.25) is 0 Å². The number of aryl methyl sites for hydroxylation is 1. The molecule has 1 aromatic carbocycles. The molecule has 0 amide bonds. The van der Waals surface area contributed by atoms with Gasteiger partial charge in [-0.1, -0.05) is 78.7 Å². The Labute approximate surface area is 160 Å². The van der Waals surface area contributed by atoms with E-state index >= 15 is 0 Å². The topological polar surface area (TPSA) is 35.5 Å². The lowest BCUT2D eigenvalue weighted by atomic mass is 9.91. The van der Waals surface area contributed by atoms with Gasteiger partial charge in [-0.2, -0.15) is 0 Å². The van der Waals surface area contributed by atoms with Crippen LogP contribution < -0.4 is 4.74 Å². The summed E-state index contributed by atoms with van der Waals surface area (Å²) in [5.74, 6) is 0.686. The van der Waals surface area contributed by atoms with Crippen LogP contribution in [0, 0.1) is 0 Å². The third-order valence-electron chi connectivity index (χ3n) is 4.67. The Morgan fingerprint density at radius 2 is 1.42 bits per heavy atom. The van der Waals surface area contributed by atoms with Crippen LogP contribution in [0.5, 0.6) is 5.75 Å². The second-order valence-corrected chi connectivity index (χ2v) is 7.04. The molecule has 0 aliphatic heterocycles. The minimum Gasteiger partial charge on any atom is -0.434 e. The van der Waals surface area contributed by atoms with Gasteiger partial charge in [0.05, 0.1) is 6.61 Å². The predicted molar refractivity (Wildman–Crippen MR) is 109 cm³/mol. The Bertz CT molecular complexity index is 522. The molecule has 0 radical (unpaired) electrons. The number of ether oxygens (including phenoxy) is 2. The zero-order chi connectivity index (χ0) is 19.2. The highest BCUT2D eigenvalue weighted by Gasteiger charge is 2.16. The van der Waals surface area contributed by atoms with E-state index in [1.807, 2.05) is 6.07 Å². The SMILES string of the molecule is CCCCCCCOC(=O)Oc1ccc(CCC)c(CCC)c1CCC. The van der Waals surface area contributed by atoms with Crippen molar-refractivity contribution < 1.29 is 14.3 Å². The summed E-state index contributed by atoms with van der Waals surface area (Å²) in [6, 6.07) is 4.08. The largest absolute Gasteiger partial charge is 0.513 e.